The highest BCUT2D eigenvalue weighted by atomic mass is 15.2. The molecule has 206 valence electrons. The minimum absolute atomic E-state index is 0.0355. The third kappa shape index (κ3) is 3.89. The smallest absolute Gasteiger partial charge is 0.0491 e. The van der Waals surface area contributed by atoms with Crippen LogP contribution in [0.1, 0.15) is 67.0 Å². The first kappa shape index (κ1) is 25.3. The molecule has 0 amide bonds. The molecular weight excluding hydrogens is 508 g/mol. The molecule has 0 N–H and O–H groups in total. The number of rotatable bonds is 3. The van der Waals surface area contributed by atoms with Crippen LogP contribution in [0.5, 0.6) is 0 Å². The molecule has 3 unspecified atom stereocenters. The number of fused-ring (bicyclic) bond motifs is 6. The van der Waals surface area contributed by atoms with Crippen molar-refractivity contribution in [2.75, 3.05) is 4.90 Å². The van der Waals surface area contributed by atoms with E-state index in [1.54, 1.807) is 5.57 Å². The molecule has 1 aromatic heterocycles. The third-order valence-electron chi connectivity index (χ3n) is 9.91. The van der Waals surface area contributed by atoms with E-state index in [9.17, 15) is 0 Å². The highest BCUT2D eigenvalue weighted by molar-refractivity contribution is 5.96. The summed E-state index contributed by atoms with van der Waals surface area (Å²) in [7, 11) is 0. The van der Waals surface area contributed by atoms with Crippen molar-refractivity contribution in [2.24, 2.45) is 5.92 Å². The Bertz CT molecular complexity index is 1790. The summed E-state index contributed by atoms with van der Waals surface area (Å²) in [6.07, 6.45) is 15.0. The molecule has 8 rings (SSSR count). The third-order valence-corrected chi connectivity index (χ3v) is 9.91. The summed E-state index contributed by atoms with van der Waals surface area (Å²) in [4.78, 5) is 7.58. The number of allylic oxidation sites excluding steroid dienone is 5. The topological polar surface area (TPSA) is 16.1 Å². The van der Waals surface area contributed by atoms with E-state index in [4.69, 9.17) is 4.98 Å². The highest BCUT2D eigenvalue weighted by Gasteiger charge is 2.48. The fourth-order valence-corrected chi connectivity index (χ4v) is 8.11. The molecule has 3 aromatic carbocycles. The molecule has 42 heavy (non-hydrogen) atoms. The van der Waals surface area contributed by atoms with Crippen molar-refractivity contribution in [2.45, 2.75) is 50.5 Å². The van der Waals surface area contributed by atoms with Crippen LogP contribution in [0.2, 0.25) is 0 Å². The van der Waals surface area contributed by atoms with Gasteiger partial charge in [-0.2, -0.15) is 0 Å². The summed E-state index contributed by atoms with van der Waals surface area (Å²) in [6, 6.07) is 35.8. The molecule has 0 saturated carbocycles. The van der Waals surface area contributed by atoms with E-state index in [1.807, 2.05) is 12.3 Å². The summed E-state index contributed by atoms with van der Waals surface area (Å²) < 4.78 is 0. The van der Waals surface area contributed by atoms with Crippen LogP contribution in [0.4, 0.5) is 5.69 Å². The van der Waals surface area contributed by atoms with Gasteiger partial charge in [0.05, 0.1) is 0 Å². The van der Waals surface area contributed by atoms with Crippen LogP contribution < -0.4 is 4.90 Å². The number of hydrogen-bond donors (Lipinski definition) is 0. The lowest BCUT2D eigenvalue weighted by Gasteiger charge is -2.44. The first-order chi connectivity index (χ1) is 20.6. The van der Waals surface area contributed by atoms with Gasteiger partial charge in [-0.1, -0.05) is 111 Å². The van der Waals surface area contributed by atoms with Crippen molar-refractivity contribution in [3.8, 4) is 0 Å². The Morgan fingerprint density at radius 3 is 2.40 bits per heavy atom. The molecule has 0 spiro atoms. The molecule has 3 atom stereocenters. The van der Waals surface area contributed by atoms with Crippen molar-refractivity contribution in [1.82, 2.24) is 4.98 Å². The quantitative estimate of drug-likeness (QED) is 0.239. The fraction of sp³-hybridized carbons (Fsp3) is 0.225. The summed E-state index contributed by atoms with van der Waals surface area (Å²) in [5.41, 5.74) is 13.6. The second kappa shape index (κ2) is 9.84. The van der Waals surface area contributed by atoms with Gasteiger partial charge in [-0.3, -0.25) is 4.98 Å². The molecular formula is C40H36N2. The largest absolute Gasteiger partial charge is 0.341 e. The van der Waals surface area contributed by atoms with Crippen LogP contribution in [0, 0.1) is 5.92 Å². The molecule has 4 aliphatic rings. The maximum Gasteiger partial charge on any atom is 0.0491 e. The molecule has 2 heteroatoms. The zero-order chi connectivity index (χ0) is 28.3. The second-order valence-electron chi connectivity index (χ2n) is 12.6. The van der Waals surface area contributed by atoms with Crippen LogP contribution in [-0.2, 0) is 5.41 Å². The first-order valence-electron chi connectivity index (χ1n) is 15.4. The number of hydrogen-bond acceptors (Lipinski definition) is 2. The van der Waals surface area contributed by atoms with Gasteiger partial charge in [-0.05, 0) is 76.9 Å². The Kier molecular flexibility index (Phi) is 5.93. The van der Waals surface area contributed by atoms with Gasteiger partial charge in [0.15, 0.2) is 0 Å². The monoisotopic (exact) mass is 544 g/mol. The number of nitrogens with zero attached hydrogens (tertiary/aromatic N) is 2. The zero-order valence-corrected chi connectivity index (χ0v) is 24.4. The minimum atomic E-state index is -0.0355. The van der Waals surface area contributed by atoms with E-state index >= 15 is 0 Å². The van der Waals surface area contributed by atoms with Gasteiger partial charge in [0.2, 0.25) is 0 Å². The van der Waals surface area contributed by atoms with E-state index in [2.05, 4.69) is 134 Å². The van der Waals surface area contributed by atoms with Gasteiger partial charge in [0.1, 0.15) is 0 Å². The maximum absolute atomic E-state index is 4.84. The van der Waals surface area contributed by atoms with E-state index in [0.29, 0.717) is 12.0 Å². The molecule has 2 heterocycles. The van der Waals surface area contributed by atoms with Crippen molar-refractivity contribution < 1.29 is 0 Å². The molecule has 1 aliphatic heterocycles. The lowest BCUT2D eigenvalue weighted by atomic mass is 9.71. The van der Waals surface area contributed by atoms with Crippen molar-refractivity contribution in [1.29, 1.82) is 0 Å². The van der Waals surface area contributed by atoms with Crippen LogP contribution in [0.15, 0.2) is 139 Å². The number of aromatic nitrogens is 1. The van der Waals surface area contributed by atoms with Gasteiger partial charge in [0.25, 0.3) is 0 Å². The van der Waals surface area contributed by atoms with E-state index in [0.717, 1.165) is 25.0 Å². The maximum atomic E-state index is 4.84. The number of para-hydroxylation sites is 1. The average molecular weight is 545 g/mol. The Hall–Kier alpha value is -4.43. The fourth-order valence-electron chi connectivity index (χ4n) is 8.11. The first-order valence-corrected chi connectivity index (χ1v) is 15.4. The molecule has 2 nitrogen and oxygen atoms in total. The number of benzene rings is 3. The molecule has 0 saturated heterocycles. The van der Waals surface area contributed by atoms with Gasteiger partial charge >= 0.3 is 0 Å². The predicted octanol–water partition coefficient (Wildman–Crippen LogP) is 9.48. The lowest BCUT2D eigenvalue weighted by molar-refractivity contribution is 0.438. The van der Waals surface area contributed by atoms with Crippen molar-refractivity contribution in [3.63, 3.8) is 0 Å². The average Bonchev–Trinajstić information content (AvgIpc) is 3.19. The van der Waals surface area contributed by atoms with Crippen LogP contribution in [0.25, 0.3) is 11.1 Å². The number of pyridine rings is 1. The second-order valence-corrected chi connectivity index (χ2v) is 12.6. The summed E-state index contributed by atoms with van der Waals surface area (Å²) in [6.45, 7) is 4.89. The standard InChI is InChI=1S/C40H36N2/c1-40(2)34-19-9-6-16-31(34)38-32-17-7-10-21-36(32)42(37-22-11-8-18-33(37)39(38)40)30-25-28(27-14-4-3-5-15-27)24-29(26-30)35-20-12-13-23-41-35/h3-10,12-21,23-25,29,33,37H,11,22,26H2,1-2H3. The van der Waals surface area contributed by atoms with Crippen molar-refractivity contribution in [3.05, 3.63) is 167 Å². The summed E-state index contributed by atoms with van der Waals surface area (Å²) in [5.74, 6) is 0.551. The molecule has 0 bridgehead atoms. The Morgan fingerprint density at radius 2 is 1.57 bits per heavy atom. The normalized spacial score (nSPS) is 23.7. The van der Waals surface area contributed by atoms with Crippen LogP contribution in [-0.4, -0.2) is 11.0 Å². The van der Waals surface area contributed by atoms with Crippen LogP contribution >= 0.6 is 0 Å². The lowest BCUT2D eigenvalue weighted by Crippen LogP contribution is -2.43. The SMILES string of the molecule is CC1(C)C2=C(c3ccccc3N(C3=CC(c4ccccc4)=CC(c4ccccn4)C3)C3CCC=CC23)c2ccccc21. The van der Waals surface area contributed by atoms with Gasteiger partial charge in [0, 0.05) is 52.1 Å². The molecule has 4 aromatic rings. The molecule has 3 aliphatic carbocycles. The minimum Gasteiger partial charge on any atom is -0.341 e. The molecule has 0 radical (unpaired) electrons. The summed E-state index contributed by atoms with van der Waals surface area (Å²) in [5, 5.41) is 0. The van der Waals surface area contributed by atoms with E-state index < -0.39 is 0 Å². The van der Waals surface area contributed by atoms with E-state index in [-0.39, 0.29) is 11.3 Å². The highest BCUT2D eigenvalue weighted by Crippen LogP contribution is 2.58. The van der Waals surface area contributed by atoms with Gasteiger partial charge in [-0.15, -0.1) is 0 Å². The Balaban J connectivity index is 1.35. The van der Waals surface area contributed by atoms with E-state index in [1.165, 1.54) is 44.8 Å². The van der Waals surface area contributed by atoms with Gasteiger partial charge < -0.3 is 4.90 Å². The Morgan fingerprint density at radius 1 is 0.810 bits per heavy atom. The van der Waals surface area contributed by atoms with Crippen molar-refractivity contribution >= 4 is 16.8 Å². The summed E-state index contributed by atoms with van der Waals surface area (Å²) >= 11 is 0. The number of anilines is 1. The molecule has 0 fully saturated rings. The van der Waals surface area contributed by atoms with Crippen LogP contribution in [0.3, 0.4) is 0 Å². The predicted molar refractivity (Wildman–Crippen MR) is 174 cm³/mol. The Labute approximate surface area is 249 Å². The van der Waals surface area contributed by atoms with Gasteiger partial charge in [-0.25, -0.2) is 0 Å². The zero-order valence-electron chi connectivity index (χ0n) is 24.4.